The van der Waals surface area contributed by atoms with Crippen LogP contribution in [-0.4, -0.2) is 22.7 Å². The zero-order valence-corrected chi connectivity index (χ0v) is 19.3. The number of amides is 2. The van der Waals surface area contributed by atoms with Crippen LogP contribution in [0.3, 0.4) is 0 Å². The molecule has 0 radical (unpaired) electrons. The van der Waals surface area contributed by atoms with E-state index in [0.717, 1.165) is 11.1 Å². The van der Waals surface area contributed by atoms with Crippen LogP contribution in [0.4, 0.5) is 5.69 Å². The molecule has 1 aromatic heterocycles. The molecule has 0 fully saturated rings. The molecule has 2 amide bonds. The van der Waals surface area contributed by atoms with E-state index in [2.05, 4.69) is 21.0 Å². The van der Waals surface area contributed by atoms with Crippen molar-refractivity contribution in [2.24, 2.45) is 5.10 Å². The van der Waals surface area contributed by atoms with Gasteiger partial charge in [-0.05, 0) is 43.7 Å². The van der Waals surface area contributed by atoms with Crippen LogP contribution in [0, 0.1) is 6.92 Å². The number of halogens is 1. The second-order valence-corrected chi connectivity index (χ2v) is 7.89. The van der Waals surface area contributed by atoms with Gasteiger partial charge in [0.2, 0.25) is 0 Å². The summed E-state index contributed by atoms with van der Waals surface area (Å²) in [6.45, 7) is 3.46. The predicted molar refractivity (Wildman–Crippen MR) is 132 cm³/mol. The lowest BCUT2D eigenvalue weighted by Crippen LogP contribution is -2.20. The zero-order chi connectivity index (χ0) is 24.1. The molecule has 0 atom stereocenters. The van der Waals surface area contributed by atoms with E-state index in [4.69, 9.17) is 16.1 Å². The van der Waals surface area contributed by atoms with E-state index < -0.39 is 5.91 Å². The number of carbonyl (C=O) groups is 2. The Morgan fingerprint density at radius 1 is 0.912 bits per heavy atom. The molecule has 3 aromatic carbocycles. The fourth-order valence-electron chi connectivity index (χ4n) is 3.33. The molecule has 2 N–H and O–H groups in total. The van der Waals surface area contributed by atoms with Gasteiger partial charge in [0.05, 0.1) is 16.3 Å². The molecule has 0 aliphatic heterocycles. The van der Waals surface area contributed by atoms with Crippen LogP contribution >= 0.6 is 11.6 Å². The number of rotatable bonds is 6. The number of nitrogens with zero attached hydrogens (tertiary/aromatic N) is 2. The van der Waals surface area contributed by atoms with E-state index in [0.29, 0.717) is 39.0 Å². The first kappa shape index (κ1) is 22.9. The van der Waals surface area contributed by atoms with Gasteiger partial charge in [-0.15, -0.1) is 0 Å². The summed E-state index contributed by atoms with van der Waals surface area (Å²) in [6.07, 6.45) is 0. The first-order chi connectivity index (χ1) is 16.4. The van der Waals surface area contributed by atoms with Crippen molar-refractivity contribution in [1.29, 1.82) is 0 Å². The standard InChI is InChI=1S/C26H21ClN4O3/c1-16(18-12-14-20(15-13-18)28-25(32)21-10-6-7-11-22(21)27)29-30-26(33)23-17(2)34-31-24(23)19-8-4-3-5-9-19/h3-15H,1-2H3,(H,28,32)(H,30,33)/b29-16-. The Morgan fingerprint density at radius 2 is 1.59 bits per heavy atom. The van der Waals surface area contributed by atoms with Crippen LogP contribution in [-0.2, 0) is 0 Å². The number of anilines is 1. The Kier molecular flexibility index (Phi) is 6.85. The van der Waals surface area contributed by atoms with Crippen LogP contribution in [0.5, 0.6) is 0 Å². The van der Waals surface area contributed by atoms with E-state index in [1.54, 1.807) is 62.4 Å². The van der Waals surface area contributed by atoms with Crippen molar-refractivity contribution < 1.29 is 14.1 Å². The lowest BCUT2D eigenvalue weighted by Gasteiger charge is -2.08. The van der Waals surface area contributed by atoms with Gasteiger partial charge in [-0.1, -0.05) is 71.4 Å². The lowest BCUT2D eigenvalue weighted by atomic mass is 10.1. The molecule has 4 rings (SSSR count). The smallest absolute Gasteiger partial charge is 0.277 e. The Morgan fingerprint density at radius 3 is 2.29 bits per heavy atom. The Labute approximate surface area is 201 Å². The highest BCUT2D eigenvalue weighted by atomic mass is 35.5. The maximum Gasteiger partial charge on any atom is 0.277 e. The third kappa shape index (κ3) is 5.05. The number of hydrogen-bond donors (Lipinski definition) is 2. The molecular weight excluding hydrogens is 452 g/mol. The number of hydrogen-bond acceptors (Lipinski definition) is 5. The summed E-state index contributed by atoms with van der Waals surface area (Å²) in [5.74, 6) is -0.308. The van der Waals surface area contributed by atoms with Crippen LogP contribution in [0.15, 0.2) is 88.5 Å². The van der Waals surface area contributed by atoms with Crippen LogP contribution in [0.25, 0.3) is 11.3 Å². The van der Waals surface area contributed by atoms with Crippen molar-refractivity contribution in [3.05, 3.63) is 106 Å². The number of nitrogens with one attached hydrogen (secondary N) is 2. The van der Waals surface area contributed by atoms with Crippen molar-refractivity contribution in [3.63, 3.8) is 0 Å². The summed E-state index contributed by atoms with van der Waals surface area (Å²) in [5.41, 5.74) is 6.52. The number of hydrazone groups is 1. The van der Waals surface area contributed by atoms with Gasteiger partial charge in [0.25, 0.3) is 11.8 Å². The molecule has 34 heavy (non-hydrogen) atoms. The van der Waals surface area contributed by atoms with Crippen LogP contribution < -0.4 is 10.7 Å². The van der Waals surface area contributed by atoms with E-state index >= 15 is 0 Å². The van der Waals surface area contributed by atoms with E-state index in [1.807, 2.05) is 30.3 Å². The molecule has 7 nitrogen and oxygen atoms in total. The highest BCUT2D eigenvalue weighted by Crippen LogP contribution is 2.25. The molecule has 0 spiro atoms. The number of aryl methyl sites for hydroxylation is 1. The molecule has 0 bridgehead atoms. The maximum atomic E-state index is 12.8. The van der Waals surface area contributed by atoms with Gasteiger partial charge in [0.15, 0.2) is 0 Å². The molecule has 1 heterocycles. The van der Waals surface area contributed by atoms with Gasteiger partial charge in [0, 0.05) is 11.3 Å². The van der Waals surface area contributed by atoms with Gasteiger partial charge in [0.1, 0.15) is 17.0 Å². The quantitative estimate of drug-likeness (QED) is 0.277. The van der Waals surface area contributed by atoms with E-state index in [-0.39, 0.29) is 5.91 Å². The normalized spacial score (nSPS) is 11.2. The largest absolute Gasteiger partial charge is 0.360 e. The molecule has 4 aromatic rings. The van der Waals surface area contributed by atoms with Crippen molar-refractivity contribution in [1.82, 2.24) is 10.6 Å². The van der Waals surface area contributed by atoms with Gasteiger partial charge in [-0.3, -0.25) is 9.59 Å². The Balaban J connectivity index is 1.44. The SMILES string of the molecule is C/C(=N/NC(=O)c1c(-c2ccccc2)noc1C)c1ccc(NC(=O)c2ccccc2Cl)cc1. The van der Waals surface area contributed by atoms with Gasteiger partial charge < -0.3 is 9.84 Å². The van der Waals surface area contributed by atoms with E-state index in [1.165, 1.54) is 0 Å². The number of carbonyl (C=O) groups excluding carboxylic acids is 2. The first-order valence-electron chi connectivity index (χ1n) is 10.5. The minimum absolute atomic E-state index is 0.297. The molecule has 0 saturated carbocycles. The number of aromatic nitrogens is 1. The molecule has 170 valence electrons. The predicted octanol–water partition coefficient (Wildman–Crippen LogP) is 5.71. The average Bonchev–Trinajstić information content (AvgIpc) is 3.25. The highest BCUT2D eigenvalue weighted by Gasteiger charge is 2.21. The fourth-order valence-corrected chi connectivity index (χ4v) is 3.55. The van der Waals surface area contributed by atoms with Crippen molar-refractivity contribution >= 4 is 34.8 Å². The topological polar surface area (TPSA) is 96.6 Å². The summed E-state index contributed by atoms with van der Waals surface area (Å²) in [6, 6.07) is 23.3. The first-order valence-corrected chi connectivity index (χ1v) is 10.8. The van der Waals surface area contributed by atoms with Gasteiger partial charge in [-0.2, -0.15) is 5.10 Å². The molecule has 0 aliphatic rings. The van der Waals surface area contributed by atoms with Gasteiger partial charge in [-0.25, -0.2) is 5.43 Å². The summed E-state index contributed by atoms with van der Waals surface area (Å²) in [7, 11) is 0. The fraction of sp³-hybridized carbons (Fsp3) is 0.0769. The second-order valence-electron chi connectivity index (χ2n) is 7.48. The summed E-state index contributed by atoms with van der Waals surface area (Å²) >= 11 is 6.08. The summed E-state index contributed by atoms with van der Waals surface area (Å²) in [4.78, 5) is 25.2. The van der Waals surface area contributed by atoms with Crippen LogP contribution in [0.1, 0.15) is 39.0 Å². The maximum absolute atomic E-state index is 12.8. The minimum Gasteiger partial charge on any atom is -0.360 e. The second kappa shape index (κ2) is 10.1. The Bertz CT molecular complexity index is 1360. The van der Waals surface area contributed by atoms with Gasteiger partial charge >= 0.3 is 0 Å². The highest BCUT2D eigenvalue weighted by molar-refractivity contribution is 6.34. The van der Waals surface area contributed by atoms with E-state index in [9.17, 15) is 9.59 Å². The third-order valence-corrected chi connectivity index (χ3v) is 5.47. The van der Waals surface area contributed by atoms with Crippen LogP contribution in [0.2, 0.25) is 5.02 Å². The number of benzene rings is 3. The molecule has 8 heteroatoms. The molecule has 0 unspecified atom stereocenters. The van der Waals surface area contributed by atoms with Crippen molar-refractivity contribution in [3.8, 4) is 11.3 Å². The van der Waals surface area contributed by atoms with Crippen molar-refractivity contribution in [2.75, 3.05) is 5.32 Å². The molecular formula is C26H21ClN4O3. The average molecular weight is 473 g/mol. The summed E-state index contributed by atoms with van der Waals surface area (Å²) in [5, 5.41) is 11.4. The lowest BCUT2D eigenvalue weighted by molar-refractivity contribution is 0.0953. The third-order valence-electron chi connectivity index (χ3n) is 5.14. The van der Waals surface area contributed by atoms with Crippen molar-refractivity contribution in [2.45, 2.75) is 13.8 Å². The summed E-state index contributed by atoms with van der Waals surface area (Å²) < 4.78 is 5.24. The monoisotopic (exact) mass is 472 g/mol. The minimum atomic E-state index is -0.416. The molecule has 0 aliphatic carbocycles. The Hall–Kier alpha value is -4.23. The zero-order valence-electron chi connectivity index (χ0n) is 18.5. The molecule has 0 saturated heterocycles.